The topological polar surface area (TPSA) is 72.6 Å². The van der Waals surface area contributed by atoms with E-state index in [9.17, 15) is 8.42 Å². The smallest absolute Gasteiger partial charge is 0.243 e. The van der Waals surface area contributed by atoms with E-state index in [0.717, 1.165) is 12.8 Å². The van der Waals surface area contributed by atoms with Gasteiger partial charge in [0.05, 0.1) is 11.0 Å². The predicted octanol–water partition coefficient (Wildman–Crippen LogP) is 1.51. The van der Waals surface area contributed by atoms with Gasteiger partial charge in [0.1, 0.15) is 4.99 Å². The normalized spacial score (nSPS) is 19.0. The molecule has 1 aliphatic heterocycles. The molecule has 21 heavy (non-hydrogen) atoms. The monoisotopic (exact) mass is 328 g/mol. The van der Waals surface area contributed by atoms with Crippen molar-refractivity contribution >= 4 is 27.2 Å². The number of likely N-dealkylation sites (N-methyl/N-ethyl adjacent to an activating group) is 1. The van der Waals surface area contributed by atoms with E-state index in [1.165, 1.54) is 10.4 Å². The Morgan fingerprint density at radius 2 is 2.29 bits per heavy atom. The van der Waals surface area contributed by atoms with Crippen LogP contribution in [0.25, 0.3) is 0 Å². The second-order valence-corrected chi connectivity index (χ2v) is 7.36. The summed E-state index contributed by atoms with van der Waals surface area (Å²) in [7, 11) is -3.56. The van der Waals surface area contributed by atoms with Crippen molar-refractivity contribution in [3.63, 3.8) is 0 Å². The van der Waals surface area contributed by atoms with Crippen molar-refractivity contribution in [1.29, 1.82) is 0 Å². The molecule has 1 aliphatic rings. The molecule has 0 spiro atoms. The van der Waals surface area contributed by atoms with E-state index in [4.69, 9.17) is 22.7 Å². The lowest BCUT2D eigenvalue weighted by Crippen LogP contribution is -2.37. The van der Waals surface area contributed by atoms with Gasteiger partial charge >= 0.3 is 0 Å². The van der Waals surface area contributed by atoms with Gasteiger partial charge in [-0.2, -0.15) is 4.31 Å². The van der Waals surface area contributed by atoms with Gasteiger partial charge in [0.15, 0.2) is 0 Å². The van der Waals surface area contributed by atoms with E-state index in [-0.39, 0.29) is 16.0 Å². The highest BCUT2D eigenvalue weighted by Gasteiger charge is 2.28. The Balaban J connectivity index is 2.25. The molecule has 2 rings (SSSR count). The lowest BCUT2D eigenvalue weighted by atomic mass is 10.2. The van der Waals surface area contributed by atoms with Crippen molar-refractivity contribution in [2.24, 2.45) is 5.73 Å². The number of nitrogens with zero attached hydrogens (tertiary/aromatic N) is 1. The Morgan fingerprint density at radius 1 is 1.52 bits per heavy atom. The summed E-state index contributed by atoms with van der Waals surface area (Å²) in [6.07, 6.45) is 1.87. The highest BCUT2D eigenvalue weighted by atomic mass is 32.2. The number of benzene rings is 1. The number of hydrogen-bond acceptors (Lipinski definition) is 4. The van der Waals surface area contributed by atoms with Crippen LogP contribution in [0.5, 0.6) is 0 Å². The first-order valence-electron chi connectivity index (χ1n) is 6.96. The SMILES string of the molecule is CCN(CC1CCCO1)S(=O)(=O)c1cccc(C(N)=S)c1. The van der Waals surface area contributed by atoms with Crippen LogP contribution in [-0.4, -0.2) is 43.5 Å². The maximum absolute atomic E-state index is 12.7. The molecule has 0 radical (unpaired) electrons. The summed E-state index contributed by atoms with van der Waals surface area (Å²) in [6.45, 7) is 3.32. The molecule has 1 atom stereocenters. The molecule has 5 nitrogen and oxygen atoms in total. The molecule has 1 aromatic carbocycles. The zero-order chi connectivity index (χ0) is 15.5. The van der Waals surface area contributed by atoms with Gasteiger partial charge < -0.3 is 10.5 Å². The van der Waals surface area contributed by atoms with Crippen LogP contribution in [0.3, 0.4) is 0 Å². The Morgan fingerprint density at radius 3 is 2.86 bits per heavy atom. The third-order valence-electron chi connectivity index (χ3n) is 3.54. The van der Waals surface area contributed by atoms with Gasteiger partial charge in [0, 0.05) is 25.3 Å². The maximum Gasteiger partial charge on any atom is 0.243 e. The van der Waals surface area contributed by atoms with Crippen LogP contribution in [0, 0.1) is 0 Å². The molecule has 0 aromatic heterocycles. The van der Waals surface area contributed by atoms with E-state index in [0.29, 0.717) is 25.3 Å². The molecule has 0 aliphatic carbocycles. The predicted molar refractivity (Wildman–Crippen MR) is 85.7 cm³/mol. The zero-order valence-corrected chi connectivity index (χ0v) is 13.6. The van der Waals surface area contributed by atoms with Crippen LogP contribution in [0.1, 0.15) is 25.3 Å². The molecular weight excluding hydrogens is 308 g/mol. The molecule has 1 heterocycles. The number of ether oxygens (including phenoxy) is 1. The fraction of sp³-hybridized carbons (Fsp3) is 0.500. The molecule has 1 fully saturated rings. The number of rotatable bonds is 6. The Kier molecular flexibility index (Phi) is 5.32. The standard InChI is InChI=1S/C14H20N2O3S2/c1-2-16(10-12-6-4-8-19-12)21(17,18)13-7-3-5-11(9-13)14(15)20/h3,5,7,9,12H,2,4,6,8,10H2,1H3,(H2,15,20). The van der Waals surface area contributed by atoms with Crippen LogP contribution in [0.15, 0.2) is 29.2 Å². The molecule has 2 N–H and O–H groups in total. The lowest BCUT2D eigenvalue weighted by Gasteiger charge is -2.23. The number of sulfonamides is 1. The second kappa shape index (κ2) is 6.83. The first kappa shape index (κ1) is 16.4. The number of thiocarbonyl (C=S) groups is 1. The summed E-state index contributed by atoms with van der Waals surface area (Å²) < 4.78 is 32.4. The molecule has 1 unspecified atom stereocenters. The van der Waals surface area contributed by atoms with Crippen molar-refractivity contribution in [2.75, 3.05) is 19.7 Å². The maximum atomic E-state index is 12.7. The molecule has 0 bridgehead atoms. The Bertz CT molecular complexity index is 610. The van der Waals surface area contributed by atoms with Gasteiger partial charge in [-0.1, -0.05) is 31.3 Å². The van der Waals surface area contributed by atoms with Crippen molar-refractivity contribution in [1.82, 2.24) is 4.31 Å². The van der Waals surface area contributed by atoms with Crippen LogP contribution in [-0.2, 0) is 14.8 Å². The number of hydrogen-bond donors (Lipinski definition) is 1. The van der Waals surface area contributed by atoms with Gasteiger partial charge in [0.25, 0.3) is 0 Å². The summed E-state index contributed by atoms with van der Waals surface area (Å²) in [5.41, 5.74) is 6.12. The molecular formula is C14H20N2O3S2. The van der Waals surface area contributed by atoms with Crippen LogP contribution >= 0.6 is 12.2 Å². The quantitative estimate of drug-likeness (QED) is 0.802. The van der Waals surface area contributed by atoms with Crippen LogP contribution < -0.4 is 5.73 Å². The minimum Gasteiger partial charge on any atom is -0.389 e. The Labute approximate surface area is 131 Å². The van der Waals surface area contributed by atoms with Gasteiger partial charge in [-0.25, -0.2) is 8.42 Å². The van der Waals surface area contributed by atoms with E-state index < -0.39 is 10.0 Å². The zero-order valence-electron chi connectivity index (χ0n) is 12.0. The van der Waals surface area contributed by atoms with Gasteiger partial charge in [-0.15, -0.1) is 0 Å². The van der Waals surface area contributed by atoms with E-state index in [1.807, 2.05) is 6.92 Å². The summed E-state index contributed by atoms with van der Waals surface area (Å²) in [4.78, 5) is 0.405. The average molecular weight is 328 g/mol. The first-order chi connectivity index (χ1) is 9.95. The highest BCUT2D eigenvalue weighted by Crippen LogP contribution is 2.20. The van der Waals surface area contributed by atoms with Crippen molar-refractivity contribution in [2.45, 2.75) is 30.8 Å². The van der Waals surface area contributed by atoms with Gasteiger partial charge in [-0.3, -0.25) is 0 Å². The van der Waals surface area contributed by atoms with Crippen LogP contribution in [0.4, 0.5) is 0 Å². The van der Waals surface area contributed by atoms with Crippen molar-refractivity contribution < 1.29 is 13.2 Å². The van der Waals surface area contributed by atoms with Gasteiger partial charge in [-0.05, 0) is 25.0 Å². The minimum absolute atomic E-state index is 0.0153. The lowest BCUT2D eigenvalue weighted by molar-refractivity contribution is 0.0947. The third kappa shape index (κ3) is 3.79. The molecule has 116 valence electrons. The molecule has 7 heteroatoms. The molecule has 1 saturated heterocycles. The fourth-order valence-electron chi connectivity index (χ4n) is 2.37. The summed E-state index contributed by atoms with van der Waals surface area (Å²) in [5, 5.41) is 0. The third-order valence-corrected chi connectivity index (χ3v) is 5.71. The van der Waals surface area contributed by atoms with E-state index in [1.54, 1.807) is 18.2 Å². The molecule has 0 saturated carbocycles. The Hall–Kier alpha value is -1.02. The number of nitrogens with two attached hydrogens (primary N) is 1. The van der Waals surface area contributed by atoms with Crippen molar-refractivity contribution in [3.05, 3.63) is 29.8 Å². The summed E-state index contributed by atoms with van der Waals surface area (Å²) in [6, 6.07) is 6.45. The van der Waals surface area contributed by atoms with E-state index >= 15 is 0 Å². The molecule has 1 aromatic rings. The van der Waals surface area contributed by atoms with E-state index in [2.05, 4.69) is 0 Å². The second-order valence-electron chi connectivity index (χ2n) is 4.98. The largest absolute Gasteiger partial charge is 0.389 e. The highest BCUT2D eigenvalue weighted by molar-refractivity contribution is 7.89. The average Bonchev–Trinajstić information content (AvgIpc) is 2.97. The summed E-state index contributed by atoms with van der Waals surface area (Å²) >= 11 is 4.90. The van der Waals surface area contributed by atoms with Gasteiger partial charge in [0.2, 0.25) is 10.0 Å². The minimum atomic E-state index is -3.56. The molecule has 0 amide bonds. The fourth-order valence-corrected chi connectivity index (χ4v) is 4.03. The first-order valence-corrected chi connectivity index (χ1v) is 8.81. The van der Waals surface area contributed by atoms with Crippen LogP contribution in [0.2, 0.25) is 0 Å². The summed E-state index contributed by atoms with van der Waals surface area (Å²) in [5.74, 6) is 0. The van der Waals surface area contributed by atoms with Crippen molar-refractivity contribution in [3.8, 4) is 0 Å².